The second-order valence-electron chi connectivity index (χ2n) is 6.61. The van der Waals surface area contributed by atoms with E-state index in [9.17, 15) is 14.9 Å². The SMILES string of the molecule is O=C(Nc1nc(Cc2cccc([N+](=O)[O-])c2)cs1)c1ccc2c(c1)CCNC2. The number of nitro benzene ring substituents is 1. The van der Waals surface area contributed by atoms with E-state index in [-0.39, 0.29) is 11.6 Å². The van der Waals surface area contributed by atoms with E-state index in [1.165, 1.54) is 28.5 Å². The van der Waals surface area contributed by atoms with Crippen LogP contribution in [0.5, 0.6) is 0 Å². The van der Waals surface area contributed by atoms with E-state index in [1.807, 2.05) is 29.6 Å². The molecule has 0 spiro atoms. The average Bonchev–Trinajstić information content (AvgIpc) is 3.14. The first-order valence-corrected chi connectivity index (χ1v) is 9.78. The molecule has 7 nitrogen and oxygen atoms in total. The molecule has 0 radical (unpaired) electrons. The molecule has 1 amide bonds. The molecule has 142 valence electrons. The molecule has 2 N–H and O–H groups in total. The zero-order valence-electron chi connectivity index (χ0n) is 15.0. The number of fused-ring (bicyclic) bond motifs is 1. The monoisotopic (exact) mass is 394 g/mol. The highest BCUT2D eigenvalue weighted by Crippen LogP contribution is 2.22. The maximum atomic E-state index is 12.6. The average molecular weight is 394 g/mol. The number of hydrogen-bond acceptors (Lipinski definition) is 6. The molecule has 0 fully saturated rings. The Morgan fingerprint density at radius 3 is 3.00 bits per heavy atom. The molecule has 4 rings (SSSR count). The molecule has 0 atom stereocenters. The molecule has 0 unspecified atom stereocenters. The summed E-state index contributed by atoms with van der Waals surface area (Å²) < 4.78 is 0. The minimum atomic E-state index is -0.412. The molecule has 1 aromatic heterocycles. The Balaban J connectivity index is 1.44. The van der Waals surface area contributed by atoms with Gasteiger partial charge in [0.1, 0.15) is 0 Å². The molecular formula is C20H18N4O3S. The van der Waals surface area contributed by atoms with Gasteiger partial charge in [-0.2, -0.15) is 0 Å². The molecule has 28 heavy (non-hydrogen) atoms. The lowest BCUT2D eigenvalue weighted by Crippen LogP contribution is -2.24. The molecule has 0 saturated heterocycles. The van der Waals surface area contributed by atoms with Gasteiger partial charge in [-0.15, -0.1) is 11.3 Å². The fourth-order valence-corrected chi connectivity index (χ4v) is 3.93. The number of thiazole rings is 1. The van der Waals surface area contributed by atoms with E-state index in [0.29, 0.717) is 17.1 Å². The van der Waals surface area contributed by atoms with Crippen LogP contribution in [-0.4, -0.2) is 22.4 Å². The summed E-state index contributed by atoms with van der Waals surface area (Å²) in [7, 11) is 0. The predicted molar refractivity (Wildman–Crippen MR) is 108 cm³/mol. The first-order valence-electron chi connectivity index (χ1n) is 8.90. The Hall–Kier alpha value is -3.10. The standard InChI is InChI=1S/C20H18N4O3S/c25-19(15-4-5-16-11-21-7-6-14(16)10-15)23-20-22-17(12-28-20)8-13-2-1-3-18(9-13)24(26)27/h1-5,9-10,12,21H,6-8,11H2,(H,22,23,25). The van der Waals surface area contributed by atoms with Gasteiger partial charge in [0.05, 0.1) is 10.6 Å². The lowest BCUT2D eigenvalue weighted by Gasteiger charge is -2.17. The Bertz CT molecular complexity index is 1050. The number of rotatable bonds is 5. The molecule has 1 aliphatic rings. The van der Waals surface area contributed by atoms with Gasteiger partial charge < -0.3 is 5.32 Å². The summed E-state index contributed by atoms with van der Waals surface area (Å²) in [5.41, 5.74) is 4.69. The van der Waals surface area contributed by atoms with Crippen LogP contribution in [0.1, 0.15) is 32.7 Å². The van der Waals surface area contributed by atoms with Crippen molar-refractivity contribution in [3.05, 3.63) is 85.9 Å². The van der Waals surface area contributed by atoms with Gasteiger partial charge in [-0.25, -0.2) is 4.98 Å². The molecule has 8 heteroatoms. The van der Waals surface area contributed by atoms with Crippen LogP contribution >= 0.6 is 11.3 Å². The summed E-state index contributed by atoms with van der Waals surface area (Å²) in [6.45, 7) is 1.76. The van der Waals surface area contributed by atoms with Crippen LogP contribution in [0.15, 0.2) is 47.8 Å². The van der Waals surface area contributed by atoms with E-state index in [4.69, 9.17) is 0 Å². The maximum Gasteiger partial charge on any atom is 0.269 e. The molecule has 0 aliphatic carbocycles. The van der Waals surface area contributed by atoms with Gasteiger partial charge in [-0.3, -0.25) is 20.2 Å². The summed E-state index contributed by atoms with van der Waals surface area (Å²) in [6, 6.07) is 12.3. The van der Waals surface area contributed by atoms with E-state index in [1.54, 1.807) is 12.1 Å². The zero-order chi connectivity index (χ0) is 19.5. The smallest absolute Gasteiger partial charge is 0.269 e. The number of aromatic nitrogens is 1. The van der Waals surface area contributed by atoms with Crippen LogP contribution in [0, 0.1) is 10.1 Å². The number of nitrogens with zero attached hydrogens (tertiary/aromatic N) is 2. The van der Waals surface area contributed by atoms with E-state index in [2.05, 4.69) is 15.6 Å². The van der Waals surface area contributed by atoms with Crippen molar-refractivity contribution < 1.29 is 9.72 Å². The third-order valence-electron chi connectivity index (χ3n) is 4.63. The largest absolute Gasteiger partial charge is 0.312 e. The highest BCUT2D eigenvalue weighted by molar-refractivity contribution is 7.14. The third-order valence-corrected chi connectivity index (χ3v) is 5.44. The quantitative estimate of drug-likeness (QED) is 0.510. The lowest BCUT2D eigenvalue weighted by atomic mass is 9.98. The van der Waals surface area contributed by atoms with Crippen molar-refractivity contribution in [1.82, 2.24) is 10.3 Å². The van der Waals surface area contributed by atoms with Crippen LogP contribution in [0.2, 0.25) is 0 Å². The normalized spacial score (nSPS) is 13.0. The number of nitrogens with one attached hydrogen (secondary N) is 2. The minimum absolute atomic E-state index is 0.0591. The molecular weight excluding hydrogens is 376 g/mol. The van der Waals surface area contributed by atoms with Crippen molar-refractivity contribution in [2.45, 2.75) is 19.4 Å². The summed E-state index contributed by atoms with van der Waals surface area (Å²) in [6.07, 6.45) is 1.39. The number of nitro groups is 1. The van der Waals surface area contributed by atoms with E-state index < -0.39 is 4.92 Å². The van der Waals surface area contributed by atoms with Gasteiger partial charge in [0.2, 0.25) is 0 Å². The number of anilines is 1. The van der Waals surface area contributed by atoms with Crippen molar-refractivity contribution in [2.75, 3.05) is 11.9 Å². The number of hydrogen-bond donors (Lipinski definition) is 2. The van der Waals surface area contributed by atoms with Crippen molar-refractivity contribution in [3.8, 4) is 0 Å². The van der Waals surface area contributed by atoms with Crippen molar-refractivity contribution in [1.29, 1.82) is 0 Å². The minimum Gasteiger partial charge on any atom is -0.312 e. The first-order chi connectivity index (χ1) is 13.6. The number of carbonyl (C=O) groups excluding carboxylic acids is 1. The third kappa shape index (κ3) is 4.08. The van der Waals surface area contributed by atoms with Gasteiger partial charge in [0.15, 0.2) is 5.13 Å². The van der Waals surface area contributed by atoms with Gasteiger partial charge in [0.25, 0.3) is 11.6 Å². The second kappa shape index (κ2) is 7.87. The summed E-state index contributed by atoms with van der Waals surface area (Å²) in [5.74, 6) is -0.183. The summed E-state index contributed by atoms with van der Waals surface area (Å²) in [4.78, 5) is 27.5. The summed E-state index contributed by atoms with van der Waals surface area (Å²) >= 11 is 1.34. The number of carbonyl (C=O) groups is 1. The van der Waals surface area contributed by atoms with Gasteiger partial charge >= 0.3 is 0 Å². The Morgan fingerprint density at radius 2 is 2.14 bits per heavy atom. The van der Waals surface area contributed by atoms with E-state index >= 15 is 0 Å². The predicted octanol–water partition coefficient (Wildman–Crippen LogP) is 3.54. The fourth-order valence-electron chi connectivity index (χ4n) is 3.22. The van der Waals surface area contributed by atoms with Crippen LogP contribution in [0.4, 0.5) is 10.8 Å². The molecule has 1 aliphatic heterocycles. The van der Waals surface area contributed by atoms with Crippen molar-refractivity contribution in [2.24, 2.45) is 0 Å². The van der Waals surface area contributed by atoms with Crippen LogP contribution < -0.4 is 10.6 Å². The molecule has 3 aromatic rings. The second-order valence-corrected chi connectivity index (χ2v) is 7.47. The van der Waals surface area contributed by atoms with Gasteiger partial charge in [0, 0.05) is 36.0 Å². The van der Waals surface area contributed by atoms with Crippen molar-refractivity contribution >= 4 is 28.1 Å². The lowest BCUT2D eigenvalue weighted by molar-refractivity contribution is -0.384. The number of benzene rings is 2. The molecule has 2 heterocycles. The first kappa shape index (κ1) is 18.3. The Morgan fingerprint density at radius 1 is 1.25 bits per heavy atom. The van der Waals surface area contributed by atoms with Crippen LogP contribution in [0.25, 0.3) is 0 Å². The van der Waals surface area contributed by atoms with E-state index in [0.717, 1.165) is 30.8 Å². The van der Waals surface area contributed by atoms with Crippen LogP contribution in [-0.2, 0) is 19.4 Å². The molecule has 2 aromatic carbocycles. The summed E-state index contributed by atoms with van der Waals surface area (Å²) in [5, 5.41) is 19.4. The maximum absolute atomic E-state index is 12.6. The number of non-ortho nitro benzene ring substituents is 1. The molecule has 0 bridgehead atoms. The van der Waals surface area contributed by atoms with Crippen molar-refractivity contribution in [3.63, 3.8) is 0 Å². The zero-order valence-corrected chi connectivity index (χ0v) is 15.8. The highest BCUT2D eigenvalue weighted by Gasteiger charge is 2.14. The number of amides is 1. The topological polar surface area (TPSA) is 97.2 Å². The fraction of sp³-hybridized carbons (Fsp3) is 0.200. The van der Waals surface area contributed by atoms with Gasteiger partial charge in [-0.1, -0.05) is 18.2 Å². The molecule has 0 saturated carbocycles. The van der Waals surface area contributed by atoms with Gasteiger partial charge in [-0.05, 0) is 41.8 Å². The Labute approximate surface area is 165 Å². The highest BCUT2D eigenvalue weighted by atomic mass is 32.1. The van der Waals surface area contributed by atoms with Crippen LogP contribution in [0.3, 0.4) is 0 Å². The Kier molecular flexibility index (Phi) is 5.14.